The summed E-state index contributed by atoms with van der Waals surface area (Å²) < 4.78 is 5.62. The second-order valence-electron chi connectivity index (χ2n) is 5.52. The first-order valence-electron chi connectivity index (χ1n) is 7.69. The number of rotatable bonds is 5. The summed E-state index contributed by atoms with van der Waals surface area (Å²) in [5.41, 5.74) is 2.82. The quantitative estimate of drug-likeness (QED) is 0.712. The third-order valence-electron chi connectivity index (χ3n) is 3.89. The highest BCUT2D eigenvalue weighted by Gasteiger charge is 2.06. The van der Waals surface area contributed by atoms with E-state index in [9.17, 15) is 4.79 Å². The van der Waals surface area contributed by atoms with Gasteiger partial charge in [0, 0.05) is 17.6 Å². The molecule has 3 rings (SSSR count). The van der Waals surface area contributed by atoms with Crippen LogP contribution in [0, 0.1) is 6.92 Å². The third-order valence-corrected chi connectivity index (χ3v) is 3.89. The Morgan fingerprint density at radius 3 is 2.61 bits per heavy atom. The van der Waals surface area contributed by atoms with Gasteiger partial charge in [-0.25, -0.2) is 0 Å². The van der Waals surface area contributed by atoms with Crippen LogP contribution in [0.3, 0.4) is 0 Å². The lowest BCUT2D eigenvalue weighted by Crippen LogP contribution is -2.15. The van der Waals surface area contributed by atoms with Crippen molar-refractivity contribution in [2.75, 3.05) is 20.2 Å². The van der Waals surface area contributed by atoms with Crippen LogP contribution in [0.4, 0.5) is 0 Å². The highest BCUT2D eigenvalue weighted by molar-refractivity contribution is 5.87. The van der Waals surface area contributed by atoms with Gasteiger partial charge in [-0.15, -0.1) is 0 Å². The minimum absolute atomic E-state index is 0.0597. The summed E-state index contributed by atoms with van der Waals surface area (Å²) in [7, 11) is 1.89. The van der Waals surface area contributed by atoms with E-state index >= 15 is 0 Å². The van der Waals surface area contributed by atoms with Crippen molar-refractivity contribution in [1.29, 1.82) is 0 Å². The number of aromatic nitrogens is 1. The first-order chi connectivity index (χ1) is 11.2. The number of hydrogen-bond donors (Lipinski definition) is 2. The number of fused-ring (bicyclic) bond motifs is 1. The third kappa shape index (κ3) is 3.27. The van der Waals surface area contributed by atoms with E-state index in [-0.39, 0.29) is 5.56 Å². The van der Waals surface area contributed by atoms with Gasteiger partial charge in [0.2, 0.25) is 0 Å². The lowest BCUT2D eigenvalue weighted by atomic mass is 10.0. The Morgan fingerprint density at radius 1 is 1.09 bits per heavy atom. The molecule has 4 nitrogen and oxygen atoms in total. The fourth-order valence-electron chi connectivity index (χ4n) is 2.60. The number of hydrogen-bond acceptors (Lipinski definition) is 3. The molecule has 0 saturated heterocycles. The zero-order valence-corrected chi connectivity index (χ0v) is 13.3. The Bertz CT molecular complexity index is 867. The van der Waals surface area contributed by atoms with Crippen molar-refractivity contribution in [2.45, 2.75) is 6.92 Å². The Hall–Kier alpha value is -2.59. The van der Waals surface area contributed by atoms with Gasteiger partial charge in [0.05, 0.1) is 0 Å². The molecule has 0 saturated carbocycles. The Labute approximate surface area is 135 Å². The van der Waals surface area contributed by atoms with Gasteiger partial charge in [0.25, 0.3) is 5.56 Å². The average Bonchev–Trinajstić information content (AvgIpc) is 2.57. The fraction of sp³-hybridized carbons (Fsp3) is 0.211. The smallest absolute Gasteiger partial charge is 0.256 e. The largest absolute Gasteiger partial charge is 0.492 e. The topological polar surface area (TPSA) is 54.1 Å². The van der Waals surface area contributed by atoms with Crippen molar-refractivity contribution in [2.24, 2.45) is 0 Å². The molecule has 1 heterocycles. The lowest BCUT2D eigenvalue weighted by molar-refractivity contribution is 0.318. The van der Waals surface area contributed by atoms with Crippen LogP contribution in [0.2, 0.25) is 0 Å². The average molecular weight is 308 g/mol. The van der Waals surface area contributed by atoms with Crippen molar-refractivity contribution in [3.63, 3.8) is 0 Å². The molecule has 0 amide bonds. The van der Waals surface area contributed by atoms with Crippen LogP contribution < -0.4 is 15.6 Å². The highest BCUT2D eigenvalue weighted by atomic mass is 16.5. The van der Waals surface area contributed by atoms with Crippen molar-refractivity contribution >= 4 is 10.8 Å². The molecular weight excluding hydrogens is 288 g/mol. The number of aryl methyl sites for hydroxylation is 1. The summed E-state index contributed by atoms with van der Waals surface area (Å²) >= 11 is 0. The van der Waals surface area contributed by atoms with E-state index in [0.717, 1.165) is 39.9 Å². The van der Waals surface area contributed by atoms with Gasteiger partial charge in [-0.1, -0.05) is 12.1 Å². The van der Waals surface area contributed by atoms with Gasteiger partial charge < -0.3 is 15.0 Å². The maximum Gasteiger partial charge on any atom is 0.256 e. The number of H-pyrrole nitrogens is 1. The molecule has 0 aliphatic carbocycles. The number of nitrogens with one attached hydrogen (secondary N) is 2. The zero-order valence-electron chi connectivity index (χ0n) is 13.3. The van der Waals surface area contributed by atoms with Gasteiger partial charge in [-0.05, 0) is 66.9 Å². The molecule has 0 spiro atoms. The summed E-state index contributed by atoms with van der Waals surface area (Å²) in [4.78, 5) is 15.2. The van der Waals surface area contributed by atoms with E-state index < -0.39 is 0 Å². The summed E-state index contributed by atoms with van der Waals surface area (Å²) in [6, 6.07) is 15.6. The molecule has 0 bridgehead atoms. The predicted octanol–water partition coefficient (Wildman–Crippen LogP) is 3.10. The highest BCUT2D eigenvalue weighted by Crippen LogP contribution is 2.24. The van der Waals surface area contributed by atoms with Crippen LogP contribution in [-0.2, 0) is 0 Å². The minimum Gasteiger partial charge on any atom is -0.492 e. The Morgan fingerprint density at radius 2 is 1.87 bits per heavy atom. The van der Waals surface area contributed by atoms with Crippen LogP contribution in [0.5, 0.6) is 5.75 Å². The van der Waals surface area contributed by atoms with E-state index in [1.54, 1.807) is 0 Å². The van der Waals surface area contributed by atoms with Crippen LogP contribution in [-0.4, -0.2) is 25.2 Å². The molecule has 23 heavy (non-hydrogen) atoms. The van der Waals surface area contributed by atoms with Crippen LogP contribution in [0.25, 0.3) is 22.0 Å². The van der Waals surface area contributed by atoms with Crippen molar-refractivity contribution in [3.8, 4) is 17.0 Å². The van der Waals surface area contributed by atoms with Crippen LogP contribution >= 0.6 is 0 Å². The SMILES string of the molecule is CNCCOc1ccc(-c2cc3c(C)cccc3c(=O)[nH]2)cc1. The van der Waals surface area contributed by atoms with E-state index in [0.29, 0.717) is 6.61 Å². The molecule has 0 unspecified atom stereocenters. The summed E-state index contributed by atoms with van der Waals surface area (Å²) in [6.45, 7) is 3.45. The van der Waals surface area contributed by atoms with E-state index in [1.165, 1.54) is 0 Å². The molecule has 0 radical (unpaired) electrons. The van der Waals surface area contributed by atoms with Crippen molar-refractivity contribution < 1.29 is 4.74 Å². The summed E-state index contributed by atoms with van der Waals surface area (Å²) in [6.07, 6.45) is 0. The van der Waals surface area contributed by atoms with Crippen LogP contribution in [0.15, 0.2) is 53.3 Å². The lowest BCUT2D eigenvalue weighted by Gasteiger charge is -2.08. The van der Waals surface area contributed by atoms with Gasteiger partial charge in [-0.2, -0.15) is 0 Å². The minimum atomic E-state index is -0.0597. The van der Waals surface area contributed by atoms with Gasteiger partial charge in [-0.3, -0.25) is 4.79 Å². The normalized spacial score (nSPS) is 10.9. The number of ether oxygens (including phenoxy) is 1. The molecule has 1 aromatic heterocycles. The fourth-order valence-corrected chi connectivity index (χ4v) is 2.60. The summed E-state index contributed by atoms with van der Waals surface area (Å²) in [5.74, 6) is 0.823. The number of aromatic amines is 1. The maximum atomic E-state index is 12.3. The molecule has 2 aromatic carbocycles. The first kappa shape index (κ1) is 15.3. The molecule has 0 aliphatic rings. The molecule has 118 valence electrons. The number of pyridine rings is 1. The van der Waals surface area contributed by atoms with E-state index in [2.05, 4.69) is 10.3 Å². The van der Waals surface area contributed by atoms with Gasteiger partial charge in [0.15, 0.2) is 0 Å². The second-order valence-corrected chi connectivity index (χ2v) is 5.52. The maximum absolute atomic E-state index is 12.3. The standard InChI is InChI=1S/C19H20N2O2/c1-13-4-3-5-16-17(13)12-18(21-19(16)22)14-6-8-15(9-7-14)23-11-10-20-2/h3-9,12,20H,10-11H2,1-2H3,(H,21,22). The van der Waals surface area contributed by atoms with Crippen molar-refractivity contribution in [3.05, 3.63) is 64.4 Å². The molecule has 3 aromatic rings. The second kappa shape index (κ2) is 6.67. The molecular formula is C19H20N2O2. The molecule has 4 heteroatoms. The number of benzene rings is 2. The molecule has 0 fully saturated rings. The van der Waals surface area contributed by atoms with E-state index in [4.69, 9.17) is 4.74 Å². The molecule has 0 aliphatic heterocycles. The molecule has 2 N–H and O–H groups in total. The number of likely N-dealkylation sites (N-methyl/N-ethyl adjacent to an activating group) is 1. The first-order valence-corrected chi connectivity index (χ1v) is 7.69. The van der Waals surface area contributed by atoms with E-state index in [1.807, 2.05) is 62.5 Å². The Kier molecular flexibility index (Phi) is 4.44. The monoisotopic (exact) mass is 308 g/mol. The predicted molar refractivity (Wildman–Crippen MR) is 94.2 cm³/mol. The van der Waals surface area contributed by atoms with Crippen molar-refractivity contribution in [1.82, 2.24) is 10.3 Å². The van der Waals surface area contributed by atoms with Crippen LogP contribution in [0.1, 0.15) is 5.56 Å². The summed E-state index contributed by atoms with van der Waals surface area (Å²) in [5, 5.41) is 4.75. The van der Waals surface area contributed by atoms with Gasteiger partial charge in [0.1, 0.15) is 12.4 Å². The molecule has 0 atom stereocenters. The Balaban J connectivity index is 1.94. The van der Waals surface area contributed by atoms with Gasteiger partial charge >= 0.3 is 0 Å². The zero-order chi connectivity index (χ0) is 16.2.